The fraction of sp³-hybridized carbons (Fsp3) is 0.571. The van der Waals surface area contributed by atoms with E-state index in [9.17, 15) is 10.2 Å². The van der Waals surface area contributed by atoms with Crippen molar-refractivity contribution in [2.45, 2.75) is 39.0 Å². The van der Waals surface area contributed by atoms with Crippen LogP contribution in [0.4, 0.5) is 0 Å². The van der Waals surface area contributed by atoms with Crippen LogP contribution >= 0.6 is 0 Å². The van der Waals surface area contributed by atoms with Crippen LogP contribution in [0.3, 0.4) is 0 Å². The van der Waals surface area contributed by atoms with Crippen LogP contribution in [0.15, 0.2) is 18.2 Å². The van der Waals surface area contributed by atoms with Gasteiger partial charge in [-0.05, 0) is 38.5 Å². The number of aromatic hydroxyl groups is 1. The first-order valence-corrected chi connectivity index (χ1v) is 6.07. The van der Waals surface area contributed by atoms with Gasteiger partial charge in [-0.1, -0.05) is 6.07 Å². The minimum Gasteiger partial charge on any atom is -0.508 e. The molecule has 1 rings (SSSR count). The second-order valence-corrected chi connectivity index (χ2v) is 5.47. The molecule has 18 heavy (non-hydrogen) atoms. The topological polar surface area (TPSA) is 61.7 Å². The highest BCUT2D eigenvalue weighted by atomic mass is 16.5. The first-order valence-electron chi connectivity index (χ1n) is 6.07. The summed E-state index contributed by atoms with van der Waals surface area (Å²) in [6.45, 7) is 6.95. The fourth-order valence-electron chi connectivity index (χ4n) is 1.60. The zero-order valence-corrected chi connectivity index (χ0v) is 11.5. The number of benzene rings is 1. The first kappa shape index (κ1) is 15.0. The van der Waals surface area contributed by atoms with Crippen LogP contribution in [0, 0.1) is 0 Å². The minimum absolute atomic E-state index is 0.0345. The molecule has 0 bridgehead atoms. The molecular weight excluding hydrogens is 230 g/mol. The number of aliphatic hydroxyl groups excluding tert-OH is 1. The number of phenolic OH excluding ortho intramolecular Hbond substituents is 1. The van der Waals surface area contributed by atoms with E-state index in [1.165, 1.54) is 0 Å². The summed E-state index contributed by atoms with van der Waals surface area (Å²) < 4.78 is 5.00. The third kappa shape index (κ3) is 4.64. The van der Waals surface area contributed by atoms with Crippen molar-refractivity contribution in [3.05, 3.63) is 29.3 Å². The Morgan fingerprint density at radius 2 is 2.00 bits per heavy atom. The van der Waals surface area contributed by atoms with Crippen LogP contribution < -0.4 is 5.32 Å². The molecule has 3 N–H and O–H groups in total. The maximum Gasteiger partial charge on any atom is 0.121 e. The van der Waals surface area contributed by atoms with Gasteiger partial charge in [-0.25, -0.2) is 0 Å². The number of rotatable bonds is 5. The van der Waals surface area contributed by atoms with Crippen LogP contribution in [-0.4, -0.2) is 29.4 Å². The Morgan fingerprint density at radius 1 is 1.33 bits per heavy atom. The van der Waals surface area contributed by atoms with Crippen LogP contribution in [0.5, 0.6) is 5.75 Å². The normalized spacial score (nSPS) is 13.6. The van der Waals surface area contributed by atoms with Gasteiger partial charge in [-0.3, -0.25) is 0 Å². The average molecular weight is 253 g/mol. The molecule has 0 amide bonds. The summed E-state index contributed by atoms with van der Waals surface area (Å²) in [6.07, 6.45) is -0.597. The van der Waals surface area contributed by atoms with Crippen LogP contribution in [0.1, 0.15) is 38.0 Å². The summed E-state index contributed by atoms with van der Waals surface area (Å²) in [5.41, 5.74) is 1.43. The number of methoxy groups -OCH3 is 1. The number of hydrogen-bond donors (Lipinski definition) is 3. The third-order valence-corrected chi connectivity index (χ3v) is 2.61. The molecule has 0 aromatic heterocycles. The summed E-state index contributed by atoms with van der Waals surface area (Å²) in [5, 5.41) is 23.0. The number of aliphatic hydroxyl groups is 1. The molecule has 102 valence electrons. The zero-order chi connectivity index (χ0) is 13.8. The second kappa shape index (κ2) is 6.18. The van der Waals surface area contributed by atoms with Crippen molar-refractivity contribution in [1.82, 2.24) is 5.32 Å². The Hall–Kier alpha value is -1.10. The van der Waals surface area contributed by atoms with Crippen molar-refractivity contribution in [1.29, 1.82) is 0 Å². The molecule has 0 spiro atoms. The lowest BCUT2D eigenvalue weighted by atomic mass is 10.0. The Bertz CT molecular complexity index is 385. The van der Waals surface area contributed by atoms with Gasteiger partial charge in [-0.15, -0.1) is 0 Å². The van der Waals surface area contributed by atoms with Gasteiger partial charge in [0.15, 0.2) is 0 Å². The van der Waals surface area contributed by atoms with Crippen LogP contribution in [-0.2, 0) is 11.3 Å². The maximum atomic E-state index is 10.1. The highest BCUT2D eigenvalue weighted by Gasteiger charge is 2.14. The minimum atomic E-state index is -0.597. The fourth-order valence-corrected chi connectivity index (χ4v) is 1.60. The summed E-state index contributed by atoms with van der Waals surface area (Å²) in [6, 6.07) is 5.08. The van der Waals surface area contributed by atoms with E-state index in [1.54, 1.807) is 25.3 Å². The Labute approximate surface area is 109 Å². The number of β-amino-alcohol motifs (C(OH)–C–C–N with tert-alkyl or cyclic N) is 1. The summed E-state index contributed by atoms with van der Waals surface area (Å²) in [4.78, 5) is 0. The van der Waals surface area contributed by atoms with Gasteiger partial charge >= 0.3 is 0 Å². The second-order valence-electron chi connectivity index (χ2n) is 5.47. The van der Waals surface area contributed by atoms with Crippen molar-refractivity contribution >= 4 is 0 Å². The molecular formula is C14H23NO3. The van der Waals surface area contributed by atoms with E-state index in [0.29, 0.717) is 18.7 Å². The van der Waals surface area contributed by atoms with Crippen molar-refractivity contribution in [2.75, 3.05) is 13.7 Å². The highest BCUT2D eigenvalue weighted by Crippen LogP contribution is 2.23. The van der Waals surface area contributed by atoms with E-state index in [-0.39, 0.29) is 11.3 Å². The molecule has 1 aromatic rings. The van der Waals surface area contributed by atoms with Gasteiger partial charge < -0.3 is 20.3 Å². The Morgan fingerprint density at radius 3 is 2.56 bits per heavy atom. The molecule has 4 nitrogen and oxygen atoms in total. The van der Waals surface area contributed by atoms with E-state index < -0.39 is 6.10 Å². The summed E-state index contributed by atoms with van der Waals surface area (Å²) in [5.74, 6) is 0.191. The summed E-state index contributed by atoms with van der Waals surface area (Å²) in [7, 11) is 1.57. The van der Waals surface area contributed by atoms with Gasteiger partial charge in [0, 0.05) is 24.8 Å². The Kier molecular flexibility index (Phi) is 5.14. The lowest BCUT2D eigenvalue weighted by molar-refractivity contribution is 0.161. The highest BCUT2D eigenvalue weighted by molar-refractivity contribution is 5.36. The third-order valence-electron chi connectivity index (χ3n) is 2.61. The molecule has 1 aromatic carbocycles. The van der Waals surface area contributed by atoms with Crippen molar-refractivity contribution in [3.8, 4) is 5.75 Å². The van der Waals surface area contributed by atoms with Gasteiger partial charge in [0.25, 0.3) is 0 Å². The Balaban J connectivity index is 2.73. The van der Waals surface area contributed by atoms with E-state index in [0.717, 1.165) is 5.56 Å². The van der Waals surface area contributed by atoms with Crippen molar-refractivity contribution in [2.24, 2.45) is 0 Å². The molecule has 0 aliphatic carbocycles. The largest absolute Gasteiger partial charge is 0.508 e. The van der Waals surface area contributed by atoms with Crippen molar-refractivity contribution in [3.63, 3.8) is 0 Å². The lowest BCUT2D eigenvalue weighted by Gasteiger charge is -2.23. The molecule has 0 radical (unpaired) electrons. The van der Waals surface area contributed by atoms with Crippen molar-refractivity contribution < 1.29 is 14.9 Å². The zero-order valence-electron chi connectivity index (χ0n) is 11.5. The SMILES string of the molecule is COCc1cc(C(O)CNC(C)(C)C)ccc1O. The standard InChI is InChI=1S/C14H23NO3/c1-14(2,3)15-8-13(17)10-5-6-12(16)11(7-10)9-18-4/h5-7,13,15-17H,8-9H2,1-4H3. The van der Waals surface area contributed by atoms with Crippen LogP contribution in [0.25, 0.3) is 0 Å². The van der Waals surface area contributed by atoms with Gasteiger partial charge in [0.1, 0.15) is 5.75 Å². The molecule has 0 saturated heterocycles. The average Bonchev–Trinajstić information content (AvgIpc) is 2.28. The van der Waals surface area contributed by atoms with Gasteiger partial charge in [-0.2, -0.15) is 0 Å². The van der Waals surface area contributed by atoms with Gasteiger partial charge in [0.2, 0.25) is 0 Å². The predicted molar refractivity (Wildman–Crippen MR) is 71.5 cm³/mol. The van der Waals surface area contributed by atoms with Gasteiger partial charge in [0.05, 0.1) is 12.7 Å². The van der Waals surface area contributed by atoms with E-state index in [4.69, 9.17) is 4.74 Å². The molecule has 4 heteroatoms. The summed E-state index contributed by atoms with van der Waals surface area (Å²) >= 11 is 0. The predicted octanol–water partition coefficient (Wildman–Crippen LogP) is 1.96. The molecule has 0 aliphatic rings. The molecule has 0 heterocycles. The molecule has 0 aliphatic heterocycles. The molecule has 1 atom stereocenters. The van der Waals surface area contributed by atoms with Crippen LogP contribution in [0.2, 0.25) is 0 Å². The molecule has 1 unspecified atom stereocenters. The smallest absolute Gasteiger partial charge is 0.121 e. The molecule has 0 fully saturated rings. The monoisotopic (exact) mass is 253 g/mol. The van der Waals surface area contributed by atoms with E-state index >= 15 is 0 Å². The maximum absolute atomic E-state index is 10.1. The van der Waals surface area contributed by atoms with E-state index in [2.05, 4.69) is 5.32 Å². The number of hydrogen-bond acceptors (Lipinski definition) is 4. The number of ether oxygens (including phenoxy) is 1. The quantitative estimate of drug-likeness (QED) is 0.750. The number of nitrogens with one attached hydrogen (secondary N) is 1. The number of phenols is 1. The lowest BCUT2D eigenvalue weighted by Crippen LogP contribution is -2.38. The molecule has 0 saturated carbocycles. The first-order chi connectivity index (χ1) is 8.33. The van der Waals surface area contributed by atoms with E-state index in [1.807, 2.05) is 20.8 Å².